The first-order valence-corrected chi connectivity index (χ1v) is 12.4. The maximum Gasteiger partial charge on any atom is 0.164 e. The van der Waals surface area contributed by atoms with Crippen LogP contribution < -0.4 is 9.64 Å². The topological polar surface area (TPSA) is 119 Å². The zero-order chi connectivity index (χ0) is 27.2. The lowest BCUT2D eigenvalue weighted by Gasteiger charge is -2.43. The molecular formula is C27H33FN4O6. The molecule has 0 amide bonds. The molecule has 204 valence electrons. The number of hydrogen-bond donors (Lipinski definition) is 2. The molecule has 10 nitrogen and oxygen atoms in total. The molecule has 11 heteroatoms. The second-order valence-corrected chi connectivity index (χ2v) is 9.24. The summed E-state index contributed by atoms with van der Waals surface area (Å²) < 4.78 is 31.8. The number of methoxy groups -OCH3 is 2. The fourth-order valence-corrected chi connectivity index (χ4v) is 4.72. The Balaban J connectivity index is 1.46. The van der Waals surface area contributed by atoms with Crippen LogP contribution in [0.5, 0.6) is 5.75 Å². The number of aliphatic hydroxyl groups excluding tert-OH is 2. The number of halogens is 1. The van der Waals surface area contributed by atoms with Crippen LogP contribution in [0.25, 0.3) is 11.3 Å². The smallest absolute Gasteiger partial charge is 0.164 e. The third-order valence-corrected chi connectivity index (χ3v) is 6.82. The van der Waals surface area contributed by atoms with Gasteiger partial charge in [0, 0.05) is 38.4 Å². The zero-order valence-corrected chi connectivity index (χ0v) is 21.6. The third kappa shape index (κ3) is 6.02. The average Bonchev–Trinajstić information content (AvgIpc) is 3.42. The number of ketones is 1. The molecule has 0 saturated carbocycles. The van der Waals surface area contributed by atoms with Gasteiger partial charge in [-0.15, -0.1) is 5.10 Å². The summed E-state index contributed by atoms with van der Waals surface area (Å²) in [6.45, 7) is 0.127. The average molecular weight is 529 g/mol. The number of benzene rings is 2. The summed E-state index contributed by atoms with van der Waals surface area (Å²) in [6, 6.07) is 12.7. The van der Waals surface area contributed by atoms with E-state index in [1.54, 1.807) is 25.4 Å². The molecule has 0 unspecified atom stereocenters. The number of Topliss-reactive ketones (excluding diaryl/α,β-unsaturated/α-hetero) is 1. The summed E-state index contributed by atoms with van der Waals surface area (Å²) >= 11 is 0. The molecule has 3 aromatic rings. The van der Waals surface area contributed by atoms with Gasteiger partial charge in [-0.2, -0.15) is 0 Å². The SMILES string of the molecule is COc1ccc(N(C)CCCC(=O)[C@@H]2O[C@H](CO)[C@H](O)[C@H](n3cc(-c4cccc(F)c4)nn3)[C@H]2OC)cc1. The summed E-state index contributed by atoms with van der Waals surface area (Å²) in [4.78, 5) is 15.3. The van der Waals surface area contributed by atoms with Crippen molar-refractivity contribution in [3.63, 3.8) is 0 Å². The Hall–Kier alpha value is -3.38. The second-order valence-electron chi connectivity index (χ2n) is 9.24. The number of aliphatic hydroxyl groups is 2. The number of aromatic nitrogens is 3. The van der Waals surface area contributed by atoms with Gasteiger partial charge in [-0.3, -0.25) is 4.79 Å². The van der Waals surface area contributed by atoms with Crippen LogP contribution in [0.1, 0.15) is 18.9 Å². The highest BCUT2D eigenvalue weighted by Gasteiger charge is 2.49. The van der Waals surface area contributed by atoms with Gasteiger partial charge in [0.1, 0.15) is 47.7 Å². The van der Waals surface area contributed by atoms with E-state index in [1.807, 2.05) is 36.2 Å². The molecule has 0 bridgehead atoms. The predicted molar refractivity (Wildman–Crippen MR) is 138 cm³/mol. The molecule has 0 radical (unpaired) electrons. The van der Waals surface area contributed by atoms with Gasteiger partial charge in [0.2, 0.25) is 0 Å². The monoisotopic (exact) mass is 528 g/mol. The van der Waals surface area contributed by atoms with Gasteiger partial charge < -0.3 is 29.3 Å². The summed E-state index contributed by atoms with van der Waals surface area (Å²) in [5.41, 5.74) is 1.90. The standard InChI is InChI=1S/C27H33FN4O6/c1-31(19-9-11-20(36-2)12-10-19)13-5-8-22(34)26-27(37-3)24(25(35)23(16-33)38-26)32-15-21(29-30-32)17-6-4-7-18(28)14-17/h4,6-7,9-12,14-15,23-27,33,35H,5,8,13,16H2,1-3H3/t23-,24+,25+,26+,27-/m1/s1. The first-order valence-electron chi connectivity index (χ1n) is 12.4. The Kier molecular flexibility index (Phi) is 9.05. The highest BCUT2D eigenvalue weighted by atomic mass is 19.1. The third-order valence-electron chi connectivity index (χ3n) is 6.82. The van der Waals surface area contributed by atoms with Gasteiger partial charge >= 0.3 is 0 Å². The van der Waals surface area contributed by atoms with Crippen LogP contribution in [0.15, 0.2) is 54.7 Å². The van der Waals surface area contributed by atoms with Crippen molar-refractivity contribution >= 4 is 11.5 Å². The lowest BCUT2D eigenvalue weighted by molar-refractivity contribution is -0.211. The van der Waals surface area contributed by atoms with E-state index in [9.17, 15) is 19.4 Å². The van der Waals surface area contributed by atoms with Crippen molar-refractivity contribution in [2.24, 2.45) is 0 Å². The Morgan fingerprint density at radius 2 is 1.97 bits per heavy atom. The van der Waals surface area contributed by atoms with Gasteiger partial charge in [-0.1, -0.05) is 17.3 Å². The number of nitrogens with zero attached hydrogens (tertiary/aromatic N) is 4. The van der Waals surface area contributed by atoms with Crippen molar-refractivity contribution in [2.75, 3.05) is 39.3 Å². The van der Waals surface area contributed by atoms with Crippen molar-refractivity contribution in [3.8, 4) is 17.0 Å². The highest BCUT2D eigenvalue weighted by Crippen LogP contribution is 2.33. The van der Waals surface area contributed by atoms with Gasteiger partial charge in [0.05, 0.1) is 19.9 Å². The number of anilines is 1. The quantitative estimate of drug-likeness (QED) is 0.386. The van der Waals surface area contributed by atoms with E-state index in [-0.39, 0.29) is 12.2 Å². The number of carbonyl (C=O) groups is 1. The fraction of sp³-hybridized carbons (Fsp3) is 0.444. The number of rotatable bonds is 11. The molecule has 2 N–H and O–H groups in total. The van der Waals surface area contributed by atoms with E-state index in [2.05, 4.69) is 10.3 Å². The molecule has 2 aromatic carbocycles. The Bertz CT molecular complexity index is 1210. The summed E-state index contributed by atoms with van der Waals surface area (Å²) in [7, 11) is 4.98. The van der Waals surface area contributed by atoms with E-state index in [1.165, 1.54) is 23.9 Å². The first-order chi connectivity index (χ1) is 18.4. The summed E-state index contributed by atoms with van der Waals surface area (Å²) in [5, 5.41) is 29.1. The molecule has 5 atom stereocenters. The van der Waals surface area contributed by atoms with Crippen molar-refractivity contribution < 1.29 is 33.6 Å². The molecule has 1 saturated heterocycles. The maximum atomic E-state index is 13.7. The van der Waals surface area contributed by atoms with Gasteiger partial charge in [-0.25, -0.2) is 9.07 Å². The molecule has 4 rings (SSSR count). The maximum absolute atomic E-state index is 13.7. The minimum Gasteiger partial charge on any atom is -0.497 e. The van der Waals surface area contributed by atoms with Gasteiger partial charge in [0.25, 0.3) is 0 Å². The second kappa shape index (κ2) is 12.4. The van der Waals surface area contributed by atoms with E-state index in [0.29, 0.717) is 24.2 Å². The number of hydrogen-bond acceptors (Lipinski definition) is 9. The Morgan fingerprint density at radius 3 is 2.63 bits per heavy atom. The summed E-state index contributed by atoms with van der Waals surface area (Å²) in [5.74, 6) is 0.144. The van der Waals surface area contributed by atoms with E-state index in [0.717, 1.165) is 11.4 Å². The molecule has 38 heavy (non-hydrogen) atoms. The highest BCUT2D eigenvalue weighted by molar-refractivity contribution is 5.84. The van der Waals surface area contributed by atoms with Crippen LogP contribution in [-0.2, 0) is 14.3 Å². The van der Waals surface area contributed by atoms with Crippen LogP contribution in [-0.4, -0.2) is 89.8 Å². The zero-order valence-electron chi connectivity index (χ0n) is 21.6. The van der Waals surface area contributed by atoms with Crippen molar-refractivity contribution in [1.82, 2.24) is 15.0 Å². The molecule has 1 aliphatic rings. The molecule has 2 heterocycles. The van der Waals surface area contributed by atoms with Crippen LogP contribution in [0.2, 0.25) is 0 Å². The van der Waals surface area contributed by atoms with Crippen molar-refractivity contribution in [3.05, 3.63) is 60.5 Å². The first kappa shape index (κ1) is 27.6. The predicted octanol–water partition coefficient (Wildman–Crippen LogP) is 2.26. The Morgan fingerprint density at radius 1 is 1.21 bits per heavy atom. The van der Waals surface area contributed by atoms with Gasteiger partial charge in [-0.05, 0) is 42.8 Å². The van der Waals surface area contributed by atoms with E-state index < -0.39 is 42.9 Å². The summed E-state index contributed by atoms with van der Waals surface area (Å²) in [6.07, 6.45) is -1.85. The molecule has 1 aliphatic heterocycles. The van der Waals surface area contributed by atoms with Crippen molar-refractivity contribution in [2.45, 2.75) is 43.3 Å². The largest absolute Gasteiger partial charge is 0.497 e. The lowest BCUT2D eigenvalue weighted by atomic mass is 9.89. The molecule has 0 spiro atoms. The van der Waals surface area contributed by atoms with Crippen LogP contribution in [0.3, 0.4) is 0 Å². The normalized spacial score (nSPS) is 23.3. The minimum atomic E-state index is -1.22. The fourth-order valence-electron chi connectivity index (χ4n) is 4.72. The van der Waals surface area contributed by atoms with Crippen LogP contribution >= 0.6 is 0 Å². The van der Waals surface area contributed by atoms with Gasteiger partial charge in [0.15, 0.2) is 5.78 Å². The molecule has 1 aromatic heterocycles. The van der Waals surface area contributed by atoms with Crippen LogP contribution in [0, 0.1) is 5.82 Å². The van der Waals surface area contributed by atoms with Crippen LogP contribution in [0.4, 0.5) is 10.1 Å². The number of ether oxygens (including phenoxy) is 3. The van der Waals surface area contributed by atoms with E-state index >= 15 is 0 Å². The van der Waals surface area contributed by atoms with E-state index in [4.69, 9.17) is 14.2 Å². The molecule has 1 fully saturated rings. The number of carbonyl (C=O) groups excluding carboxylic acids is 1. The molecular weight excluding hydrogens is 495 g/mol. The lowest BCUT2D eigenvalue weighted by Crippen LogP contribution is -2.58. The Labute approximate surface area is 220 Å². The minimum absolute atomic E-state index is 0.206. The molecule has 0 aliphatic carbocycles. The van der Waals surface area contributed by atoms with Crippen molar-refractivity contribution in [1.29, 1.82) is 0 Å².